The van der Waals surface area contributed by atoms with Crippen molar-refractivity contribution in [2.45, 2.75) is 12.2 Å². The highest BCUT2D eigenvalue weighted by molar-refractivity contribution is 7.80. The zero-order valence-electron chi connectivity index (χ0n) is 7.31. The second kappa shape index (κ2) is 3.34. The summed E-state index contributed by atoms with van der Waals surface area (Å²) in [4.78, 5) is 8.37. The fourth-order valence-corrected chi connectivity index (χ4v) is 1.57. The number of thiol groups is 1. The first-order valence-corrected chi connectivity index (χ1v) is 4.67. The molecule has 2 heterocycles. The number of hydrogen-bond donors (Lipinski definition) is 1. The molecule has 0 aromatic carbocycles. The van der Waals surface area contributed by atoms with E-state index in [4.69, 9.17) is 0 Å². The maximum Gasteiger partial charge on any atom is 0.0621 e. The maximum absolute atomic E-state index is 4.37. The first-order chi connectivity index (χ1) is 6.29. The molecule has 0 saturated heterocycles. The summed E-state index contributed by atoms with van der Waals surface area (Å²) in [6, 6.07) is 3.97. The SMILES string of the molecule is CC(S)c1nccc2ccncc12. The Morgan fingerprint density at radius 1 is 1.31 bits per heavy atom. The zero-order valence-corrected chi connectivity index (χ0v) is 8.20. The first-order valence-electron chi connectivity index (χ1n) is 4.16. The van der Waals surface area contributed by atoms with Crippen LogP contribution < -0.4 is 0 Å². The Labute approximate surface area is 82.4 Å². The van der Waals surface area contributed by atoms with E-state index in [1.807, 2.05) is 31.5 Å². The van der Waals surface area contributed by atoms with Gasteiger partial charge < -0.3 is 0 Å². The summed E-state index contributed by atoms with van der Waals surface area (Å²) in [7, 11) is 0. The molecule has 2 aromatic heterocycles. The van der Waals surface area contributed by atoms with E-state index >= 15 is 0 Å². The summed E-state index contributed by atoms with van der Waals surface area (Å²) in [5, 5.41) is 2.40. The Bertz CT molecular complexity index is 421. The number of pyridine rings is 2. The van der Waals surface area contributed by atoms with Gasteiger partial charge in [-0.2, -0.15) is 12.6 Å². The molecule has 0 bridgehead atoms. The molecule has 66 valence electrons. The molecule has 2 rings (SSSR count). The summed E-state index contributed by atoms with van der Waals surface area (Å²) in [5.74, 6) is 0. The van der Waals surface area contributed by atoms with Crippen molar-refractivity contribution in [1.29, 1.82) is 0 Å². The molecule has 2 nitrogen and oxygen atoms in total. The highest BCUT2D eigenvalue weighted by Crippen LogP contribution is 2.24. The van der Waals surface area contributed by atoms with Gasteiger partial charge in [0, 0.05) is 29.2 Å². The van der Waals surface area contributed by atoms with Gasteiger partial charge in [0.15, 0.2) is 0 Å². The molecular formula is C10H10N2S. The van der Waals surface area contributed by atoms with Crippen LogP contribution in [-0.2, 0) is 0 Å². The normalized spacial score (nSPS) is 13.1. The molecule has 0 radical (unpaired) electrons. The van der Waals surface area contributed by atoms with Crippen molar-refractivity contribution < 1.29 is 0 Å². The van der Waals surface area contributed by atoms with Crippen LogP contribution in [0.4, 0.5) is 0 Å². The van der Waals surface area contributed by atoms with Gasteiger partial charge in [0.25, 0.3) is 0 Å². The Hall–Kier alpha value is -1.09. The number of rotatable bonds is 1. The largest absolute Gasteiger partial charge is 0.264 e. The lowest BCUT2D eigenvalue weighted by Gasteiger charge is -2.06. The van der Waals surface area contributed by atoms with Gasteiger partial charge in [-0.05, 0) is 24.4 Å². The van der Waals surface area contributed by atoms with Crippen LogP contribution in [0.15, 0.2) is 30.7 Å². The average Bonchev–Trinajstić information content (AvgIpc) is 2.17. The third kappa shape index (κ3) is 1.52. The maximum atomic E-state index is 4.37. The monoisotopic (exact) mass is 190 g/mol. The standard InChI is InChI=1S/C10H10N2S/c1-7(13)10-9-6-11-4-2-8(9)3-5-12-10/h2-7,13H,1H3. The lowest BCUT2D eigenvalue weighted by molar-refractivity contribution is 1.03. The van der Waals surface area contributed by atoms with Crippen molar-refractivity contribution >= 4 is 23.4 Å². The predicted molar refractivity (Wildman–Crippen MR) is 56.9 cm³/mol. The molecule has 1 unspecified atom stereocenters. The van der Waals surface area contributed by atoms with Gasteiger partial charge >= 0.3 is 0 Å². The summed E-state index contributed by atoms with van der Waals surface area (Å²) in [5.41, 5.74) is 0.994. The third-order valence-electron chi connectivity index (χ3n) is 1.99. The Balaban J connectivity index is 2.76. The van der Waals surface area contributed by atoms with E-state index in [-0.39, 0.29) is 5.25 Å². The average molecular weight is 190 g/mol. The molecule has 0 saturated carbocycles. The highest BCUT2D eigenvalue weighted by Gasteiger charge is 2.05. The van der Waals surface area contributed by atoms with Gasteiger partial charge in [-0.1, -0.05) is 0 Å². The minimum absolute atomic E-state index is 0.146. The topological polar surface area (TPSA) is 25.8 Å². The van der Waals surface area contributed by atoms with Gasteiger partial charge in [-0.25, -0.2) is 0 Å². The molecule has 1 atom stereocenters. The van der Waals surface area contributed by atoms with Gasteiger partial charge in [-0.15, -0.1) is 0 Å². The summed E-state index contributed by atoms with van der Waals surface area (Å²) in [6.45, 7) is 2.01. The molecule has 0 spiro atoms. The number of hydrogen-bond acceptors (Lipinski definition) is 3. The lowest BCUT2D eigenvalue weighted by atomic mass is 10.1. The van der Waals surface area contributed by atoms with Crippen LogP contribution in [0, 0.1) is 0 Å². The summed E-state index contributed by atoms with van der Waals surface area (Å²) >= 11 is 4.37. The second-order valence-electron chi connectivity index (χ2n) is 2.97. The van der Waals surface area contributed by atoms with Crippen molar-refractivity contribution in [3.63, 3.8) is 0 Å². The van der Waals surface area contributed by atoms with E-state index in [0.29, 0.717) is 0 Å². The second-order valence-corrected chi connectivity index (χ2v) is 3.74. The van der Waals surface area contributed by atoms with Crippen molar-refractivity contribution in [1.82, 2.24) is 9.97 Å². The summed E-state index contributed by atoms with van der Waals surface area (Å²) in [6.07, 6.45) is 5.43. The van der Waals surface area contributed by atoms with Crippen LogP contribution in [0.5, 0.6) is 0 Å². The van der Waals surface area contributed by atoms with Gasteiger partial charge in [-0.3, -0.25) is 9.97 Å². The quantitative estimate of drug-likeness (QED) is 0.699. The lowest BCUT2D eigenvalue weighted by Crippen LogP contribution is -1.91. The van der Waals surface area contributed by atoms with E-state index in [0.717, 1.165) is 11.1 Å². The molecule has 0 aliphatic carbocycles. The van der Waals surface area contributed by atoms with E-state index in [1.165, 1.54) is 5.39 Å². The third-order valence-corrected chi connectivity index (χ3v) is 2.24. The van der Waals surface area contributed by atoms with Crippen molar-refractivity contribution in [2.24, 2.45) is 0 Å². The summed E-state index contributed by atoms with van der Waals surface area (Å²) < 4.78 is 0. The first kappa shape index (κ1) is 8.51. The van der Waals surface area contributed by atoms with E-state index in [2.05, 4.69) is 22.6 Å². The molecule has 13 heavy (non-hydrogen) atoms. The van der Waals surface area contributed by atoms with E-state index in [1.54, 1.807) is 6.20 Å². The Morgan fingerprint density at radius 3 is 2.85 bits per heavy atom. The molecule has 0 aliphatic heterocycles. The van der Waals surface area contributed by atoms with E-state index < -0.39 is 0 Å². The van der Waals surface area contributed by atoms with Crippen molar-refractivity contribution in [3.8, 4) is 0 Å². The van der Waals surface area contributed by atoms with Crippen LogP contribution in [0.2, 0.25) is 0 Å². The Morgan fingerprint density at radius 2 is 2.08 bits per heavy atom. The molecular weight excluding hydrogens is 180 g/mol. The number of fused-ring (bicyclic) bond motifs is 1. The van der Waals surface area contributed by atoms with E-state index in [9.17, 15) is 0 Å². The number of nitrogens with zero attached hydrogens (tertiary/aromatic N) is 2. The van der Waals surface area contributed by atoms with Crippen molar-refractivity contribution in [3.05, 3.63) is 36.4 Å². The Kier molecular flexibility index (Phi) is 2.19. The van der Waals surface area contributed by atoms with Gasteiger partial charge in [0.1, 0.15) is 0 Å². The van der Waals surface area contributed by atoms with Crippen molar-refractivity contribution in [2.75, 3.05) is 0 Å². The van der Waals surface area contributed by atoms with Crippen LogP contribution in [0.3, 0.4) is 0 Å². The fourth-order valence-electron chi connectivity index (χ4n) is 1.36. The fraction of sp³-hybridized carbons (Fsp3) is 0.200. The minimum atomic E-state index is 0.146. The predicted octanol–water partition coefficient (Wildman–Crippen LogP) is 2.62. The highest BCUT2D eigenvalue weighted by atomic mass is 32.1. The van der Waals surface area contributed by atoms with Gasteiger partial charge in [0.2, 0.25) is 0 Å². The van der Waals surface area contributed by atoms with Crippen LogP contribution in [0.1, 0.15) is 17.9 Å². The smallest absolute Gasteiger partial charge is 0.0621 e. The molecule has 0 N–H and O–H groups in total. The number of aromatic nitrogens is 2. The molecule has 0 aliphatic rings. The zero-order chi connectivity index (χ0) is 9.26. The minimum Gasteiger partial charge on any atom is -0.264 e. The van der Waals surface area contributed by atoms with Crippen LogP contribution >= 0.6 is 12.6 Å². The molecule has 0 amide bonds. The molecule has 2 aromatic rings. The molecule has 0 fully saturated rings. The van der Waals surface area contributed by atoms with Crippen LogP contribution in [0.25, 0.3) is 10.8 Å². The van der Waals surface area contributed by atoms with Crippen LogP contribution in [-0.4, -0.2) is 9.97 Å². The molecule has 3 heteroatoms. The van der Waals surface area contributed by atoms with Gasteiger partial charge in [0.05, 0.1) is 5.69 Å².